The fourth-order valence-electron chi connectivity index (χ4n) is 1.36. The number of allylic oxidation sites excluding steroid dienone is 1. The van der Waals surface area contributed by atoms with Gasteiger partial charge in [-0.2, -0.15) is 0 Å². The molecule has 0 aromatic carbocycles. The van der Waals surface area contributed by atoms with Crippen molar-refractivity contribution in [2.75, 3.05) is 47.8 Å². The predicted molar refractivity (Wildman–Crippen MR) is 63.2 cm³/mol. The zero-order valence-corrected chi connectivity index (χ0v) is 10.5. The van der Waals surface area contributed by atoms with E-state index < -0.39 is 0 Å². The molecule has 0 atom stereocenters. The Morgan fingerprint density at radius 3 is 2.00 bits per heavy atom. The molecule has 0 spiro atoms. The highest BCUT2D eigenvalue weighted by atomic mass is 15.2. The number of hydrogen-bond acceptors (Lipinski definition) is 3. The van der Waals surface area contributed by atoms with Crippen LogP contribution in [0.15, 0.2) is 11.9 Å². The van der Waals surface area contributed by atoms with Crippen LogP contribution in [0.5, 0.6) is 0 Å². The first-order chi connectivity index (χ1) is 6.47. The first-order valence-corrected chi connectivity index (χ1v) is 5.22. The summed E-state index contributed by atoms with van der Waals surface area (Å²) in [5.41, 5.74) is 1.33. The van der Waals surface area contributed by atoms with E-state index in [0.29, 0.717) is 0 Å². The highest BCUT2D eigenvalue weighted by Crippen LogP contribution is 2.03. The molecular weight excluding hydrogens is 174 g/mol. The molecule has 0 aliphatic carbocycles. The molecule has 0 aliphatic heterocycles. The summed E-state index contributed by atoms with van der Waals surface area (Å²) in [4.78, 5) is 6.69. The molecule has 0 amide bonds. The molecule has 0 bridgehead atoms. The molecule has 14 heavy (non-hydrogen) atoms. The maximum absolute atomic E-state index is 2.39. The Kier molecular flexibility index (Phi) is 6.37. The van der Waals surface area contributed by atoms with E-state index in [2.05, 4.69) is 62.9 Å². The van der Waals surface area contributed by atoms with E-state index in [0.717, 1.165) is 19.6 Å². The third-order valence-corrected chi connectivity index (χ3v) is 2.14. The van der Waals surface area contributed by atoms with Crippen molar-refractivity contribution >= 4 is 0 Å². The van der Waals surface area contributed by atoms with Gasteiger partial charge in [0.1, 0.15) is 0 Å². The standard InChI is InChI=1S/C11H25N3/c1-7-14(9-8-12(3)4)11(2)10-13(5)6/h10H,7-9H2,1-6H3/b11-10+. The first-order valence-electron chi connectivity index (χ1n) is 5.22. The monoisotopic (exact) mass is 199 g/mol. The van der Waals surface area contributed by atoms with E-state index in [1.54, 1.807) is 0 Å². The van der Waals surface area contributed by atoms with Crippen molar-refractivity contribution < 1.29 is 0 Å². The largest absolute Gasteiger partial charge is 0.382 e. The van der Waals surface area contributed by atoms with Crippen LogP contribution in [0.3, 0.4) is 0 Å². The van der Waals surface area contributed by atoms with Crippen LogP contribution in [0.2, 0.25) is 0 Å². The van der Waals surface area contributed by atoms with Gasteiger partial charge < -0.3 is 14.7 Å². The van der Waals surface area contributed by atoms with Crippen molar-refractivity contribution in [3.05, 3.63) is 11.9 Å². The molecule has 3 nitrogen and oxygen atoms in total. The summed E-state index contributed by atoms with van der Waals surface area (Å²) in [6.45, 7) is 7.64. The van der Waals surface area contributed by atoms with Crippen LogP contribution in [0.25, 0.3) is 0 Å². The molecule has 0 heterocycles. The molecule has 0 radical (unpaired) electrons. The van der Waals surface area contributed by atoms with Gasteiger partial charge in [0.2, 0.25) is 0 Å². The van der Waals surface area contributed by atoms with Gasteiger partial charge in [-0.1, -0.05) is 0 Å². The summed E-state index contributed by atoms with van der Waals surface area (Å²) in [7, 11) is 8.34. The second-order valence-corrected chi connectivity index (χ2v) is 4.12. The molecule has 0 aromatic rings. The van der Waals surface area contributed by atoms with Crippen molar-refractivity contribution in [3.63, 3.8) is 0 Å². The maximum atomic E-state index is 2.39. The van der Waals surface area contributed by atoms with Crippen LogP contribution in [0, 0.1) is 0 Å². The van der Waals surface area contributed by atoms with Gasteiger partial charge in [0.15, 0.2) is 0 Å². The van der Waals surface area contributed by atoms with E-state index >= 15 is 0 Å². The Hall–Kier alpha value is -0.700. The van der Waals surface area contributed by atoms with Crippen molar-refractivity contribution in [2.45, 2.75) is 13.8 Å². The summed E-state index contributed by atoms with van der Waals surface area (Å²) in [6.07, 6.45) is 2.17. The highest BCUT2D eigenvalue weighted by molar-refractivity contribution is 4.95. The molecule has 0 fully saturated rings. The highest BCUT2D eigenvalue weighted by Gasteiger charge is 2.03. The summed E-state index contributed by atoms with van der Waals surface area (Å²) >= 11 is 0. The minimum atomic E-state index is 1.07. The van der Waals surface area contributed by atoms with E-state index in [1.165, 1.54) is 5.70 Å². The van der Waals surface area contributed by atoms with Crippen LogP contribution >= 0.6 is 0 Å². The Labute approximate surface area is 89.0 Å². The molecular formula is C11H25N3. The van der Waals surface area contributed by atoms with E-state index in [9.17, 15) is 0 Å². The fraction of sp³-hybridized carbons (Fsp3) is 0.818. The van der Waals surface area contributed by atoms with E-state index in [1.807, 2.05) is 0 Å². The van der Waals surface area contributed by atoms with Crippen LogP contribution in [0.1, 0.15) is 13.8 Å². The van der Waals surface area contributed by atoms with Gasteiger partial charge in [-0.05, 0) is 27.9 Å². The van der Waals surface area contributed by atoms with E-state index in [4.69, 9.17) is 0 Å². The summed E-state index contributed by atoms with van der Waals surface area (Å²) in [5, 5.41) is 0. The van der Waals surface area contributed by atoms with Crippen LogP contribution in [-0.2, 0) is 0 Å². The zero-order valence-electron chi connectivity index (χ0n) is 10.5. The molecule has 0 aromatic heterocycles. The number of rotatable bonds is 6. The quantitative estimate of drug-likeness (QED) is 0.638. The Balaban J connectivity index is 4.12. The SMILES string of the molecule is CCN(CCN(C)C)/C(C)=C/N(C)C. The Morgan fingerprint density at radius 1 is 1.07 bits per heavy atom. The molecule has 0 unspecified atom stereocenters. The fourth-order valence-corrected chi connectivity index (χ4v) is 1.36. The molecule has 0 aliphatic rings. The molecule has 0 N–H and O–H groups in total. The van der Waals surface area contributed by atoms with Gasteiger partial charge in [0.25, 0.3) is 0 Å². The summed E-state index contributed by atoms with van der Waals surface area (Å²) in [6, 6.07) is 0. The van der Waals surface area contributed by atoms with Gasteiger partial charge in [0, 0.05) is 45.6 Å². The second kappa shape index (κ2) is 6.71. The van der Waals surface area contributed by atoms with Crippen molar-refractivity contribution in [2.24, 2.45) is 0 Å². The minimum Gasteiger partial charge on any atom is -0.382 e. The average Bonchev–Trinajstić information content (AvgIpc) is 2.03. The lowest BCUT2D eigenvalue weighted by Gasteiger charge is -2.26. The lowest BCUT2D eigenvalue weighted by atomic mass is 10.4. The molecule has 0 saturated heterocycles. The summed E-state index contributed by atoms with van der Waals surface area (Å²) < 4.78 is 0. The molecule has 0 saturated carbocycles. The van der Waals surface area contributed by atoms with Gasteiger partial charge in [-0.15, -0.1) is 0 Å². The predicted octanol–water partition coefficient (Wildman–Crippen LogP) is 1.29. The smallest absolute Gasteiger partial charge is 0.0302 e. The van der Waals surface area contributed by atoms with Crippen molar-refractivity contribution in [1.29, 1.82) is 0 Å². The maximum Gasteiger partial charge on any atom is 0.0302 e. The van der Waals surface area contributed by atoms with Crippen molar-refractivity contribution in [3.8, 4) is 0 Å². The lowest BCUT2D eigenvalue weighted by molar-refractivity contribution is 0.294. The normalized spacial score (nSPS) is 12.1. The number of likely N-dealkylation sites (N-methyl/N-ethyl adjacent to an activating group) is 2. The van der Waals surface area contributed by atoms with Crippen molar-refractivity contribution in [1.82, 2.24) is 14.7 Å². The Bertz CT molecular complexity index is 173. The molecule has 84 valence electrons. The molecule has 0 rings (SSSR count). The zero-order chi connectivity index (χ0) is 11.1. The van der Waals surface area contributed by atoms with Gasteiger partial charge >= 0.3 is 0 Å². The van der Waals surface area contributed by atoms with Crippen LogP contribution in [-0.4, -0.2) is 62.5 Å². The summed E-state index contributed by atoms with van der Waals surface area (Å²) in [5.74, 6) is 0. The minimum absolute atomic E-state index is 1.07. The van der Waals surface area contributed by atoms with Gasteiger partial charge in [0.05, 0.1) is 0 Å². The number of nitrogens with zero attached hydrogens (tertiary/aromatic N) is 3. The van der Waals surface area contributed by atoms with Gasteiger partial charge in [-0.25, -0.2) is 0 Å². The van der Waals surface area contributed by atoms with Gasteiger partial charge in [-0.3, -0.25) is 0 Å². The average molecular weight is 199 g/mol. The third kappa shape index (κ3) is 5.86. The van der Waals surface area contributed by atoms with Crippen LogP contribution < -0.4 is 0 Å². The second-order valence-electron chi connectivity index (χ2n) is 4.12. The topological polar surface area (TPSA) is 9.72 Å². The number of hydrogen-bond donors (Lipinski definition) is 0. The van der Waals surface area contributed by atoms with Crippen LogP contribution in [0.4, 0.5) is 0 Å². The third-order valence-electron chi connectivity index (χ3n) is 2.14. The Morgan fingerprint density at radius 2 is 1.64 bits per heavy atom. The lowest BCUT2D eigenvalue weighted by Crippen LogP contribution is -2.31. The first kappa shape index (κ1) is 13.3. The molecule has 3 heteroatoms. The van der Waals surface area contributed by atoms with E-state index in [-0.39, 0.29) is 0 Å².